The van der Waals surface area contributed by atoms with Crippen LogP contribution in [0.15, 0.2) is 60.7 Å². The number of methoxy groups -OCH3 is 3. The molecule has 0 N–H and O–H groups in total. The smallest absolute Gasteiger partial charge is 0.309 e. The summed E-state index contributed by atoms with van der Waals surface area (Å²) in [5.41, 5.74) is 3.10. The van der Waals surface area contributed by atoms with Crippen LogP contribution in [0.5, 0.6) is 23.0 Å². The second-order valence-electron chi connectivity index (χ2n) is 8.77. The second-order valence-corrected chi connectivity index (χ2v) is 9.18. The van der Waals surface area contributed by atoms with Crippen LogP contribution in [0.3, 0.4) is 0 Å². The van der Waals surface area contributed by atoms with E-state index in [0.29, 0.717) is 55.5 Å². The van der Waals surface area contributed by atoms with Gasteiger partial charge < -0.3 is 23.7 Å². The van der Waals surface area contributed by atoms with Gasteiger partial charge in [0.05, 0.1) is 40.5 Å². The lowest BCUT2D eigenvalue weighted by Crippen LogP contribution is -2.20. The van der Waals surface area contributed by atoms with E-state index in [1.165, 1.54) is 0 Å². The van der Waals surface area contributed by atoms with Crippen LogP contribution < -0.4 is 18.9 Å². The van der Waals surface area contributed by atoms with Crippen molar-refractivity contribution < 1.29 is 28.5 Å². The van der Waals surface area contributed by atoms with Crippen molar-refractivity contribution in [3.8, 4) is 23.0 Å². The Labute approximate surface area is 217 Å². The molecule has 1 aliphatic heterocycles. The third kappa shape index (κ3) is 6.05. The molecular weight excluding hydrogens is 480 g/mol. The maximum absolute atomic E-state index is 12.6. The molecule has 0 aromatic heterocycles. The average molecular weight is 511 g/mol. The van der Waals surface area contributed by atoms with E-state index < -0.39 is 0 Å². The Balaban J connectivity index is 1.41. The van der Waals surface area contributed by atoms with Crippen molar-refractivity contribution in [1.82, 2.24) is 0 Å². The molecule has 1 fully saturated rings. The van der Waals surface area contributed by atoms with Gasteiger partial charge in [0, 0.05) is 17.4 Å². The van der Waals surface area contributed by atoms with Gasteiger partial charge in [-0.3, -0.25) is 4.79 Å². The molecule has 190 valence electrons. The average Bonchev–Trinajstić information content (AvgIpc) is 3.24. The summed E-state index contributed by atoms with van der Waals surface area (Å²) in [6.45, 7) is 0.875. The molecular formula is C29H31ClO6. The molecule has 1 heterocycles. The molecule has 6 nitrogen and oxygen atoms in total. The molecule has 1 aliphatic rings. The highest BCUT2D eigenvalue weighted by Crippen LogP contribution is 2.35. The number of carbonyl (C=O) groups excluding carboxylic acids is 1. The Morgan fingerprint density at radius 2 is 1.47 bits per heavy atom. The molecule has 0 amide bonds. The third-order valence-electron chi connectivity index (χ3n) is 6.53. The number of hydrogen-bond donors (Lipinski definition) is 0. The first-order valence-electron chi connectivity index (χ1n) is 11.9. The molecule has 4 rings (SSSR count). The van der Waals surface area contributed by atoms with Crippen LogP contribution >= 0.6 is 11.6 Å². The fourth-order valence-electron chi connectivity index (χ4n) is 4.55. The van der Waals surface area contributed by atoms with Gasteiger partial charge in [0.1, 0.15) is 0 Å². The van der Waals surface area contributed by atoms with Gasteiger partial charge in [-0.2, -0.15) is 0 Å². The number of cyclic esters (lactones) is 1. The van der Waals surface area contributed by atoms with Crippen molar-refractivity contribution in [3.05, 3.63) is 82.4 Å². The number of esters is 1. The van der Waals surface area contributed by atoms with Crippen molar-refractivity contribution >= 4 is 17.6 Å². The molecule has 0 bridgehead atoms. The standard InChI is InChI=1S/C29H31ClO6/c1-32-25-10-8-19(16-27(25)33-2)14-22-18-36-29(31)23(22)15-20-9-11-26(28(17-20)34-3)35-13-12-21-6-4-5-7-24(21)30/h4-11,16-17,22-23H,12-15,18H2,1-3H3/t22-,23+/m0/s1. The molecule has 3 aromatic rings. The molecule has 3 aromatic carbocycles. The topological polar surface area (TPSA) is 63.2 Å². The number of hydrogen-bond acceptors (Lipinski definition) is 6. The lowest BCUT2D eigenvalue weighted by molar-refractivity contribution is -0.141. The van der Waals surface area contributed by atoms with Crippen LogP contribution in [0.25, 0.3) is 0 Å². The van der Waals surface area contributed by atoms with Crippen LogP contribution in [0, 0.1) is 11.8 Å². The maximum Gasteiger partial charge on any atom is 0.309 e. The number of carbonyl (C=O) groups is 1. The van der Waals surface area contributed by atoms with E-state index >= 15 is 0 Å². The van der Waals surface area contributed by atoms with Crippen LogP contribution in [0.1, 0.15) is 16.7 Å². The highest BCUT2D eigenvalue weighted by atomic mass is 35.5. The maximum atomic E-state index is 12.6. The summed E-state index contributed by atoms with van der Waals surface area (Å²) >= 11 is 6.24. The minimum absolute atomic E-state index is 0.0631. The zero-order chi connectivity index (χ0) is 25.5. The molecule has 36 heavy (non-hydrogen) atoms. The van der Waals surface area contributed by atoms with Crippen molar-refractivity contribution in [2.45, 2.75) is 19.3 Å². The van der Waals surface area contributed by atoms with Crippen molar-refractivity contribution in [3.63, 3.8) is 0 Å². The minimum Gasteiger partial charge on any atom is -0.493 e. The summed E-state index contributed by atoms with van der Waals surface area (Å²) in [6, 6.07) is 19.4. The fourth-order valence-corrected chi connectivity index (χ4v) is 4.78. The first-order valence-corrected chi connectivity index (χ1v) is 12.3. The van der Waals surface area contributed by atoms with Crippen LogP contribution in [0.4, 0.5) is 0 Å². The second kappa shape index (κ2) is 12.0. The summed E-state index contributed by atoms with van der Waals surface area (Å²) in [5.74, 6) is 2.30. The molecule has 0 aliphatic carbocycles. The fraction of sp³-hybridized carbons (Fsp3) is 0.345. The Morgan fingerprint density at radius 3 is 2.17 bits per heavy atom. The van der Waals surface area contributed by atoms with Gasteiger partial charge in [-0.15, -0.1) is 0 Å². The minimum atomic E-state index is -0.241. The van der Waals surface area contributed by atoms with Gasteiger partial charge in [0.2, 0.25) is 0 Å². The summed E-state index contributed by atoms with van der Waals surface area (Å²) in [7, 11) is 4.84. The van der Waals surface area contributed by atoms with Gasteiger partial charge in [-0.1, -0.05) is 41.9 Å². The Bertz CT molecular complexity index is 1190. The molecule has 0 saturated carbocycles. The number of ether oxygens (including phenoxy) is 5. The van der Waals surface area contributed by atoms with E-state index in [-0.39, 0.29) is 17.8 Å². The predicted octanol–water partition coefficient (Wildman–Crippen LogP) is 5.56. The normalized spacial score (nSPS) is 16.9. The zero-order valence-corrected chi connectivity index (χ0v) is 21.5. The van der Waals surface area contributed by atoms with Crippen molar-refractivity contribution in [2.75, 3.05) is 34.5 Å². The van der Waals surface area contributed by atoms with E-state index in [1.54, 1.807) is 21.3 Å². The quantitative estimate of drug-likeness (QED) is 0.315. The summed E-state index contributed by atoms with van der Waals surface area (Å²) < 4.78 is 27.8. The van der Waals surface area contributed by atoms with Gasteiger partial charge in [0.25, 0.3) is 0 Å². The number of halogens is 1. The Morgan fingerprint density at radius 1 is 0.833 bits per heavy atom. The van der Waals surface area contributed by atoms with E-state index in [4.69, 9.17) is 35.3 Å². The van der Waals surface area contributed by atoms with E-state index in [1.807, 2.05) is 60.7 Å². The molecule has 0 radical (unpaired) electrons. The van der Waals surface area contributed by atoms with E-state index in [2.05, 4.69) is 0 Å². The van der Waals surface area contributed by atoms with Crippen LogP contribution in [-0.2, 0) is 28.8 Å². The number of rotatable bonds is 11. The Kier molecular flexibility index (Phi) is 8.60. The third-order valence-corrected chi connectivity index (χ3v) is 6.90. The number of benzene rings is 3. The highest BCUT2D eigenvalue weighted by molar-refractivity contribution is 6.31. The highest BCUT2D eigenvalue weighted by Gasteiger charge is 2.37. The van der Waals surface area contributed by atoms with Crippen molar-refractivity contribution in [2.24, 2.45) is 11.8 Å². The monoisotopic (exact) mass is 510 g/mol. The molecule has 1 saturated heterocycles. The molecule has 7 heteroatoms. The van der Waals surface area contributed by atoms with Crippen LogP contribution in [-0.4, -0.2) is 40.5 Å². The zero-order valence-electron chi connectivity index (χ0n) is 20.8. The summed E-state index contributed by atoms with van der Waals surface area (Å²) in [5, 5.41) is 0.731. The summed E-state index contributed by atoms with van der Waals surface area (Å²) in [4.78, 5) is 12.6. The van der Waals surface area contributed by atoms with E-state index in [9.17, 15) is 4.79 Å². The molecule has 0 unspecified atom stereocenters. The van der Waals surface area contributed by atoms with Crippen LogP contribution in [0.2, 0.25) is 5.02 Å². The van der Waals surface area contributed by atoms with E-state index in [0.717, 1.165) is 21.7 Å². The first kappa shape index (κ1) is 25.7. The van der Waals surface area contributed by atoms with Gasteiger partial charge >= 0.3 is 5.97 Å². The van der Waals surface area contributed by atoms with Gasteiger partial charge in [-0.25, -0.2) is 0 Å². The summed E-state index contributed by atoms with van der Waals surface area (Å²) in [6.07, 6.45) is 1.96. The lowest BCUT2D eigenvalue weighted by Gasteiger charge is -2.18. The van der Waals surface area contributed by atoms with Gasteiger partial charge in [-0.05, 0) is 59.9 Å². The first-order chi connectivity index (χ1) is 17.5. The Hall–Kier alpha value is -3.38. The molecule has 0 spiro atoms. The predicted molar refractivity (Wildman–Crippen MR) is 139 cm³/mol. The SMILES string of the molecule is COc1ccc(C[C@H]2COC(=O)[C@@H]2Cc2ccc(OCCc3ccccc3Cl)c(OC)c2)cc1OC. The van der Waals surface area contributed by atoms with Gasteiger partial charge in [0.15, 0.2) is 23.0 Å². The largest absolute Gasteiger partial charge is 0.493 e. The lowest BCUT2D eigenvalue weighted by atomic mass is 9.85. The van der Waals surface area contributed by atoms with Crippen molar-refractivity contribution in [1.29, 1.82) is 0 Å². The molecule has 2 atom stereocenters.